The first-order valence-corrected chi connectivity index (χ1v) is 11.1. The van der Waals surface area contributed by atoms with Gasteiger partial charge in [-0.3, -0.25) is 4.98 Å². The molecule has 2 aromatic carbocycles. The molecule has 31 heavy (non-hydrogen) atoms. The van der Waals surface area contributed by atoms with Crippen molar-refractivity contribution in [2.45, 2.75) is 11.4 Å². The molecular formula is C22H18N6O2S. The molecule has 0 saturated heterocycles. The number of nitrogens with one attached hydrogen (secondary N) is 1. The number of benzene rings is 2. The maximum absolute atomic E-state index is 11.4. The number of para-hydroxylation sites is 1. The van der Waals surface area contributed by atoms with Gasteiger partial charge in [-0.2, -0.15) is 0 Å². The van der Waals surface area contributed by atoms with Gasteiger partial charge >= 0.3 is 0 Å². The van der Waals surface area contributed by atoms with Gasteiger partial charge in [0.2, 0.25) is 10.0 Å². The zero-order valence-corrected chi connectivity index (χ0v) is 17.1. The molecular weight excluding hydrogens is 412 g/mol. The fourth-order valence-electron chi connectivity index (χ4n) is 3.45. The predicted octanol–water partition coefficient (Wildman–Crippen LogP) is 3.20. The molecule has 9 heteroatoms. The SMILES string of the molecule is NS(=O)(=O)c1ccc(CNc2ccc3ncc(-c4cccc5cccnc45)n3n2)cc1. The van der Waals surface area contributed by atoms with Gasteiger partial charge in [0.15, 0.2) is 5.65 Å². The van der Waals surface area contributed by atoms with Crippen LogP contribution in [0.2, 0.25) is 0 Å². The Kier molecular flexibility index (Phi) is 4.61. The van der Waals surface area contributed by atoms with Crippen LogP contribution >= 0.6 is 0 Å². The van der Waals surface area contributed by atoms with Gasteiger partial charge in [0.1, 0.15) is 5.82 Å². The minimum Gasteiger partial charge on any atom is -0.365 e. The minimum atomic E-state index is -3.70. The number of nitrogens with zero attached hydrogens (tertiary/aromatic N) is 4. The van der Waals surface area contributed by atoms with Crippen LogP contribution in [0.4, 0.5) is 5.82 Å². The third-order valence-corrected chi connectivity index (χ3v) is 5.93. The standard InChI is InChI=1S/C22H18N6O2S/c23-31(29,30)17-8-6-15(7-9-17)13-25-20-10-11-21-26-14-19(28(21)27-20)18-5-1-3-16-4-2-12-24-22(16)18/h1-12,14H,13H2,(H,25,27)(H2,23,29,30). The number of rotatable bonds is 5. The predicted molar refractivity (Wildman–Crippen MR) is 119 cm³/mol. The van der Waals surface area contributed by atoms with E-state index in [4.69, 9.17) is 5.14 Å². The summed E-state index contributed by atoms with van der Waals surface area (Å²) in [6.07, 6.45) is 3.57. The molecule has 0 saturated carbocycles. The van der Waals surface area contributed by atoms with Gasteiger partial charge in [0.05, 0.1) is 22.3 Å². The molecule has 0 aliphatic carbocycles. The van der Waals surface area contributed by atoms with Crippen LogP contribution in [0.1, 0.15) is 5.56 Å². The third kappa shape index (κ3) is 3.72. The van der Waals surface area contributed by atoms with Gasteiger partial charge in [-0.1, -0.05) is 36.4 Å². The Morgan fingerprint density at radius 1 is 0.935 bits per heavy atom. The number of primary sulfonamides is 1. The Labute approximate surface area is 178 Å². The van der Waals surface area contributed by atoms with Crippen molar-refractivity contribution in [3.05, 3.63) is 84.7 Å². The van der Waals surface area contributed by atoms with Crippen LogP contribution in [-0.4, -0.2) is 28.0 Å². The number of anilines is 1. The van der Waals surface area contributed by atoms with Gasteiger partial charge in [-0.15, -0.1) is 5.10 Å². The number of hydrogen-bond donors (Lipinski definition) is 2. The number of hydrogen-bond acceptors (Lipinski definition) is 6. The summed E-state index contributed by atoms with van der Waals surface area (Å²) >= 11 is 0. The van der Waals surface area contributed by atoms with E-state index >= 15 is 0 Å². The van der Waals surface area contributed by atoms with E-state index in [-0.39, 0.29) is 4.90 Å². The van der Waals surface area contributed by atoms with Crippen molar-refractivity contribution in [1.82, 2.24) is 19.6 Å². The fourth-order valence-corrected chi connectivity index (χ4v) is 3.97. The molecule has 3 aromatic heterocycles. The number of aromatic nitrogens is 4. The van der Waals surface area contributed by atoms with Crippen LogP contribution in [0.3, 0.4) is 0 Å². The van der Waals surface area contributed by atoms with Crippen LogP contribution in [0, 0.1) is 0 Å². The maximum atomic E-state index is 11.4. The first kappa shape index (κ1) is 19.2. The van der Waals surface area contributed by atoms with Crippen LogP contribution in [0.5, 0.6) is 0 Å². The van der Waals surface area contributed by atoms with Gasteiger partial charge in [0, 0.05) is 23.7 Å². The highest BCUT2D eigenvalue weighted by atomic mass is 32.2. The average Bonchev–Trinajstić information content (AvgIpc) is 3.20. The molecule has 0 atom stereocenters. The average molecular weight is 430 g/mol. The Morgan fingerprint density at radius 3 is 2.55 bits per heavy atom. The molecule has 5 rings (SSSR count). The Balaban J connectivity index is 1.45. The number of sulfonamides is 1. The summed E-state index contributed by atoms with van der Waals surface area (Å²) in [4.78, 5) is 9.09. The van der Waals surface area contributed by atoms with Gasteiger partial charge in [-0.05, 0) is 35.9 Å². The van der Waals surface area contributed by atoms with E-state index in [0.717, 1.165) is 33.4 Å². The lowest BCUT2D eigenvalue weighted by Gasteiger charge is -2.09. The van der Waals surface area contributed by atoms with E-state index in [1.54, 1.807) is 29.0 Å². The summed E-state index contributed by atoms with van der Waals surface area (Å²) < 4.78 is 24.6. The summed E-state index contributed by atoms with van der Waals surface area (Å²) in [6, 6.07) is 20.1. The van der Waals surface area contributed by atoms with E-state index in [1.165, 1.54) is 12.1 Å². The lowest BCUT2D eigenvalue weighted by Crippen LogP contribution is -2.12. The number of fused-ring (bicyclic) bond motifs is 2. The van der Waals surface area contributed by atoms with Crippen molar-refractivity contribution in [2.75, 3.05) is 5.32 Å². The lowest BCUT2D eigenvalue weighted by molar-refractivity contribution is 0.598. The Morgan fingerprint density at radius 2 is 1.74 bits per heavy atom. The lowest BCUT2D eigenvalue weighted by atomic mass is 10.1. The van der Waals surface area contributed by atoms with Crippen LogP contribution in [0.25, 0.3) is 27.8 Å². The Hall–Kier alpha value is -3.82. The third-order valence-electron chi connectivity index (χ3n) is 5.00. The normalized spacial score (nSPS) is 11.8. The van der Waals surface area contributed by atoms with Gasteiger partial charge in [0.25, 0.3) is 0 Å². The number of pyridine rings is 1. The fraction of sp³-hybridized carbons (Fsp3) is 0.0455. The molecule has 0 unspecified atom stereocenters. The van der Waals surface area contributed by atoms with Crippen molar-refractivity contribution in [3.63, 3.8) is 0 Å². The first-order chi connectivity index (χ1) is 15.0. The van der Waals surface area contributed by atoms with Crippen molar-refractivity contribution >= 4 is 32.4 Å². The van der Waals surface area contributed by atoms with Crippen molar-refractivity contribution in [1.29, 1.82) is 0 Å². The van der Waals surface area contributed by atoms with Gasteiger partial charge < -0.3 is 5.32 Å². The summed E-state index contributed by atoms with van der Waals surface area (Å²) in [5.74, 6) is 0.662. The number of imidazole rings is 1. The molecule has 0 aliphatic heterocycles. The van der Waals surface area contributed by atoms with E-state index < -0.39 is 10.0 Å². The zero-order valence-electron chi connectivity index (χ0n) is 16.3. The van der Waals surface area contributed by atoms with Crippen LogP contribution in [-0.2, 0) is 16.6 Å². The molecule has 0 radical (unpaired) electrons. The summed E-state index contributed by atoms with van der Waals surface area (Å²) in [5, 5.41) is 14.1. The van der Waals surface area contributed by atoms with E-state index in [0.29, 0.717) is 12.4 Å². The first-order valence-electron chi connectivity index (χ1n) is 9.53. The van der Waals surface area contributed by atoms with Crippen molar-refractivity contribution in [2.24, 2.45) is 5.14 Å². The van der Waals surface area contributed by atoms with E-state index in [1.807, 2.05) is 42.5 Å². The largest absolute Gasteiger partial charge is 0.365 e. The highest BCUT2D eigenvalue weighted by Crippen LogP contribution is 2.27. The second kappa shape index (κ2) is 7.46. The zero-order chi connectivity index (χ0) is 21.4. The second-order valence-electron chi connectivity index (χ2n) is 7.06. The van der Waals surface area contributed by atoms with Gasteiger partial charge in [-0.25, -0.2) is 23.1 Å². The van der Waals surface area contributed by atoms with E-state index in [2.05, 4.69) is 20.4 Å². The summed E-state index contributed by atoms with van der Waals surface area (Å²) in [7, 11) is -3.70. The molecule has 0 aliphatic rings. The van der Waals surface area contributed by atoms with Crippen molar-refractivity contribution in [3.8, 4) is 11.3 Å². The van der Waals surface area contributed by atoms with Crippen molar-refractivity contribution < 1.29 is 8.42 Å². The molecule has 0 bridgehead atoms. The summed E-state index contributed by atoms with van der Waals surface area (Å²) in [6.45, 7) is 0.475. The molecule has 5 aromatic rings. The monoisotopic (exact) mass is 430 g/mol. The minimum absolute atomic E-state index is 0.0857. The maximum Gasteiger partial charge on any atom is 0.238 e. The van der Waals surface area contributed by atoms with Crippen LogP contribution < -0.4 is 10.5 Å². The quantitative estimate of drug-likeness (QED) is 0.442. The molecule has 0 spiro atoms. The summed E-state index contributed by atoms with van der Waals surface area (Å²) in [5.41, 5.74) is 4.32. The number of nitrogens with two attached hydrogens (primary N) is 1. The smallest absolute Gasteiger partial charge is 0.238 e. The highest BCUT2D eigenvalue weighted by Gasteiger charge is 2.12. The molecule has 0 amide bonds. The topological polar surface area (TPSA) is 115 Å². The molecule has 8 nitrogen and oxygen atoms in total. The molecule has 154 valence electrons. The Bertz CT molecular complexity index is 1510. The second-order valence-corrected chi connectivity index (χ2v) is 8.62. The van der Waals surface area contributed by atoms with E-state index in [9.17, 15) is 8.42 Å². The van der Waals surface area contributed by atoms with Crippen LogP contribution in [0.15, 0.2) is 84.0 Å². The molecule has 3 heterocycles. The highest BCUT2D eigenvalue weighted by molar-refractivity contribution is 7.89. The molecule has 0 fully saturated rings. The molecule has 3 N–H and O–H groups in total.